The van der Waals surface area contributed by atoms with E-state index in [1.807, 2.05) is 19.1 Å². The zero-order valence-electron chi connectivity index (χ0n) is 9.44. The minimum atomic E-state index is 0.258. The number of phenolic OH excluding ortho intramolecular Hbond substituents is 2. The zero-order chi connectivity index (χ0) is 12.0. The fourth-order valence-electron chi connectivity index (χ4n) is 2.26. The van der Waals surface area contributed by atoms with E-state index in [1.165, 1.54) is 0 Å². The third kappa shape index (κ3) is 1.58. The summed E-state index contributed by atoms with van der Waals surface area (Å²) in [5, 5.41) is 23.2. The molecule has 2 nitrogen and oxygen atoms in total. The second kappa shape index (κ2) is 3.39. The maximum atomic E-state index is 9.59. The molecule has 0 saturated heterocycles. The largest absolute Gasteiger partial charge is 0.508 e. The molecule has 3 aromatic carbocycles. The van der Waals surface area contributed by atoms with Crippen molar-refractivity contribution in [1.29, 1.82) is 0 Å². The van der Waals surface area contributed by atoms with Crippen LogP contribution < -0.4 is 0 Å². The number of benzene rings is 3. The molecule has 0 aliphatic carbocycles. The Balaban J connectivity index is 2.47. The summed E-state index contributed by atoms with van der Waals surface area (Å²) >= 11 is 0. The Morgan fingerprint density at radius 1 is 0.706 bits per heavy atom. The highest BCUT2D eigenvalue weighted by Crippen LogP contribution is 2.30. The van der Waals surface area contributed by atoms with Gasteiger partial charge in [0, 0.05) is 0 Å². The monoisotopic (exact) mass is 224 g/mol. The topological polar surface area (TPSA) is 40.5 Å². The van der Waals surface area contributed by atoms with E-state index in [0.717, 1.165) is 27.1 Å². The van der Waals surface area contributed by atoms with E-state index in [4.69, 9.17) is 0 Å². The van der Waals surface area contributed by atoms with Crippen LogP contribution in [0.15, 0.2) is 42.5 Å². The lowest BCUT2D eigenvalue weighted by molar-refractivity contribution is 0.475. The molecular formula is C15H12O2. The molecule has 0 unspecified atom stereocenters. The molecular weight excluding hydrogens is 212 g/mol. The summed E-state index contributed by atoms with van der Waals surface area (Å²) in [6.07, 6.45) is 0. The molecule has 3 aromatic rings. The molecule has 3 rings (SSSR count). The molecule has 0 aliphatic rings. The first-order chi connectivity index (χ1) is 8.13. The maximum Gasteiger partial charge on any atom is 0.116 e. The first-order valence-corrected chi connectivity index (χ1v) is 5.49. The van der Waals surface area contributed by atoms with Crippen molar-refractivity contribution >= 4 is 21.5 Å². The van der Waals surface area contributed by atoms with Gasteiger partial charge in [-0.2, -0.15) is 0 Å². The Hall–Kier alpha value is -2.22. The molecule has 0 atom stereocenters. The standard InChI is InChI=1S/C15H12O2/c1-9-4-14(17)7-12-5-11-6-13(16)3-2-10(11)8-15(9)12/h2-8,16-17H,1H3. The van der Waals surface area contributed by atoms with E-state index in [2.05, 4.69) is 6.07 Å². The molecule has 0 bridgehead atoms. The lowest BCUT2D eigenvalue weighted by atomic mass is 10.00. The highest BCUT2D eigenvalue weighted by molar-refractivity contribution is 6.00. The van der Waals surface area contributed by atoms with Crippen molar-refractivity contribution in [3.05, 3.63) is 48.0 Å². The number of fused-ring (bicyclic) bond motifs is 2. The fraction of sp³-hybridized carbons (Fsp3) is 0.0667. The molecule has 84 valence electrons. The summed E-state index contributed by atoms with van der Waals surface area (Å²) in [7, 11) is 0. The highest BCUT2D eigenvalue weighted by atomic mass is 16.3. The number of aromatic hydroxyl groups is 2. The summed E-state index contributed by atoms with van der Waals surface area (Å²) in [5.41, 5.74) is 1.05. The van der Waals surface area contributed by atoms with Crippen molar-refractivity contribution < 1.29 is 10.2 Å². The normalized spacial score (nSPS) is 11.1. The number of phenols is 2. The minimum absolute atomic E-state index is 0.258. The van der Waals surface area contributed by atoms with E-state index in [-0.39, 0.29) is 11.5 Å². The third-order valence-electron chi connectivity index (χ3n) is 3.08. The van der Waals surface area contributed by atoms with Gasteiger partial charge in [0.15, 0.2) is 0 Å². The Morgan fingerprint density at radius 3 is 2.29 bits per heavy atom. The van der Waals surface area contributed by atoms with Crippen LogP contribution in [0.5, 0.6) is 11.5 Å². The van der Waals surface area contributed by atoms with Gasteiger partial charge in [0.2, 0.25) is 0 Å². The average Bonchev–Trinajstić information content (AvgIpc) is 2.26. The van der Waals surface area contributed by atoms with E-state index in [0.29, 0.717) is 0 Å². The van der Waals surface area contributed by atoms with E-state index in [1.54, 1.807) is 24.3 Å². The number of aryl methyl sites for hydroxylation is 1. The van der Waals surface area contributed by atoms with Gasteiger partial charge in [-0.25, -0.2) is 0 Å². The number of hydrogen-bond donors (Lipinski definition) is 2. The predicted octanol–water partition coefficient (Wildman–Crippen LogP) is 3.71. The van der Waals surface area contributed by atoms with Gasteiger partial charge in [0.25, 0.3) is 0 Å². The van der Waals surface area contributed by atoms with E-state index < -0.39 is 0 Å². The van der Waals surface area contributed by atoms with Crippen LogP contribution >= 0.6 is 0 Å². The molecule has 0 spiro atoms. The number of rotatable bonds is 0. The molecule has 2 heteroatoms. The van der Waals surface area contributed by atoms with Gasteiger partial charge in [-0.05, 0) is 70.4 Å². The predicted molar refractivity (Wildman–Crippen MR) is 69.5 cm³/mol. The van der Waals surface area contributed by atoms with Gasteiger partial charge < -0.3 is 10.2 Å². The molecule has 2 N–H and O–H groups in total. The van der Waals surface area contributed by atoms with Crippen LogP contribution in [0, 0.1) is 6.92 Å². The van der Waals surface area contributed by atoms with Crippen molar-refractivity contribution in [1.82, 2.24) is 0 Å². The summed E-state index contributed by atoms with van der Waals surface area (Å²) in [6, 6.07) is 12.9. The van der Waals surface area contributed by atoms with Crippen LogP contribution in [0.4, 0.5) is 0 Å². The Bertz CT molecular complexity index is 730. The van der Waals surface area contributed by atoms with Crippen LogP contribution in [0.1, 0.15) is 5.56 Å². The first-order valence-electron chi connectivity index (χ1n) is 5.49. The summed E-state index contributed by atoms with van der Waals surface area (Å²) < 4.78 is 0. The van der Waals surface area contributed by atoms with Crippen molar-refractivity contribution in [3.8, 4) is 11.5 Å². The van der Waals surface area contributed by atoms with Crippen LogP contribution in [-0.2, 0) is 0 Å². The Morgan fingerprint density at radius 2 is 1.47 bits per heavy atom. The lowest BCUT2D eigenvalue weighted by Gasteiger charge is -2.06. The molecule has 0 aromatic heterocycles. The molecule has 0 saturated carbocycles. The minimum Gasteiger partial charge on any atom is -0.508 e. The average molecular weight is 224 g/mol. The summed E-state index contributed by atoms with van der Waals surface area (Å²) in [5.74, 6) is 0.531. The van der Waals surface area contributed by atoms with Gasteiger partial charge in [-0.3, -0.25) is 0 Å². The first kappa shape index (κ1) is 9.97. The van der Waals surface area contributed by atoms with Gasteiger partial charge in [-0.1, -0.05) is 6.07 Å². The smallest absolute Gasteiger partial charge is 0.116 e. The molecule has 17 heavy (non-hydrogen) atoms. The second-order valence-corrected chi connectivity index (χ2v) is 4.37. The number of hydrogen-bond acceptors (Lipinski definition) is 2. The molecule has 0 heterocycles. The molecule has 0 radical (unpaired) electrons. The van der Waals surface area contributed by atoms with Gasteiger partial charge >= 0.3 is 0 Å². The zero-order valence-corrected chi connectivity index (χ0v) is 9.44. The molecule has 0 aliphatic heterocycles. The summed E-state index contributed by atoms with van der Waals surface area (Å²) in [6.45, 7) is 1.98. The Labute approximate surface area is 98.7 Å². The van der Waals surface area contributed by atoms with Crippen molar-refractivity contribution in [2.24, 2.45) is 0 Å². The van der Waals surface area contributed by atoms with Crippen molar-refractivity contribution in [3.63, 3.8) is 0 Å². The van der Waals surface area contributed by atoms with Gasteiger partial charge in [-0.15, -0.1) is 0 Å². The second-order valence-electron chi connectivity index (χ2n) is 4.37. The van der Waals surface area contributed by atoms with Crippen LogP contribution in [-0.4, -0.2) is 10.2 Å². The van der Waals surface area contributed by atoms with Gasteiger partial charge in [0.05, 0.1) is 0 Å². The van der Waals surface area contributed by atoms with Crippen LogP contribution in [0.2, 0.25) is 0 Å². The SMILES string of the molecule is Cc1cc(O)cc2cc3cc(O)ccc3cc12. The van der Waals surface area contributed by atoms with Crippen LogP contribution in [0.25, 0.3) is 21.5 Å². The van der Waals surface area contributed by atoms with E-state index in [9.17, 15) is 10.2 Å². The highest BCUT2D eigenvalue weighted by Gasteiger charge is 2.03. The third-order valence-corrected chi connectivity index (χ3v) is 3.08. The van der Waals surface area contributed by atoms with Crippen molar-refractivity contribution in [2.45, 2.75) is 6.92 Å². The lowest BCUT2D eigenvalue weighted by Crippen LogP contribution is -1.81. The summed E-state index contributed by atoms with van der Waals surface area (Å²) in [4.78, 5) is 0. The quantitative estimate of drug-likeness (QED) is 0.571. The Kier molecular flexibility index (Phi) is 1.99. The van der Waals surface area contributed by atoms with E-state index >= 15 is 0 Å². The van der Waals surface area contributed by atoms with Crippen LogP contribution in [0.3, 0.4) is 0 Å². The van der Waals surface area contributed by atoms with Gasteiger partial charge in [0.1, 0.15) is 11.5 Å². The van der Waals surface area contributed by atoms with Crippen molar-refractivity contribution in [2.75, 3.05) is 0 Å². The molecule has 0 amide bonds. The fourth-order valence-corrected chi connectivity index (χ4v) is 2.26. The maximum absolute atomic E-state index is 9.59. The molecule has 0 fully saturated rings.